The second-order valence-corrected chi connectivity index (χ2v) is 7.67. The highest BCUT2D eigenvalue weighted by molar-refractivity contribution is 4.89. The molecule has 2 aliphatic heterocycles. The lowest BCUT2D eigenvalue weighted by atomic mass is 9.82. The van der Waals surface area contributed by atoms with E-state index in [-0.39, 0.29) is 42.4 Å². The third-order valence-corrected chi connectivity index (χ3v) is 6.23. The summed E-state index contributed by atoms with van der Waals surface area (Å²) in [5, 5.41) is 10.7. The summed E-state index contributed by atoms with van der Waals surface area (Å²) >= 11 is 0. The van der Waals surface area contributed by atoms with Gasteiger partial charge in [-0.25, -0.2) is 0 Å². The number of aliphatic hydroxyl groups excluding tert-OH is 1. The summed E-state index contributed by atoms with van der Waals surface area (Å²) in [5.41, 5.74) is 0. The van der Waals surface area contributed by atoms with Gasteiger partial charge in [-0.1, -0.05) is 41.5 Å². The maximum Gasteiger partial charge on any atom is 0.184 e. The second-order valence-electron chi connectivity index (χ2n) is 7.67. The predicted octanol–water partition coefficient (Wildman–Crippen LogP) is 3.19. The van der Waals surface area contributed by atoms with Crippen LogP contribution in [0.4, 0.5) is 0 Å². The van der Waals surface area contributed by atoms with Crippen LogP contribution in [-0.2, 0) is 18.9 Å². The standard InChI is InChI=1S/C19H36O5/c1-8-14-10(3)11(4)16(20)19(23-14)24-17-12(5)15(9-2)22-18(21-7)13(17)6/h10-20H,8-9H2,1-7H3/t10-,11-,12+,13?,14?,15?,16?,17-,18-,19+/m0/s1. The third-order valence-electron chi connectivity index (χ3n) is 6.23. The minimum Gasteiger partial charge on any atom is -0.388 e. The highest BCUT2D eigenvalue weighted by atomic mass is 16.7. The quantitative estimate of drug-likeness (QED) is 0.830. The molecule has 0 spiro atoms. The van der Waals surface area contributed by atoms with Crippen molar-refractivity contribution in [3.63, 3.8) is 0 Å². The first-order valence-electron chi connectivity index (χ1n) is 9.52. The predicted molar refractivity (Wildman–Crippen MR) is 92.4 cm³/mol. The van der Waals surface area contributed by atoms with E-state index in [1.165, 1.54) is 0 Å². The molecule has 0 aromatic carbocycles. The Morgan fingerprint density at radius 1 is 0.792 bits per heavy atom. The molecule has 2 saturated heterocycles. The van der Waals surface area contributed by atoms with E-state index in [1.807, 2.05) is 0 Å². The van der Waals surface area contributed by atoms with Crippen molar-refractivity contribution < 1.29 is 24.1 Å². The summed E-state index contributed by atoms with van der Waals surface area (Å²) in [6.45, 7) is 12.7. The average molecular weight is 344 g/mol. The summed E-state index contributed by atoms with van der Waals surface area (Å²) in [5.74, 6) is 0.782. The molecule has 2 heterocycles. The summed E-state index contributed by atoms with van der Waals surface area (Å²) in [7, 11) is 1.67. The fourth-order valence-corrected chi connectivity index (χ4v) is 4.26. The second kappa shape index (κ2) is 8.45. The van der Waals surface area contributed by atoms with Gasteiger partial charge in [0.1, 0.15) is 6.10 Å². The van der Waals surface area contributed by atoms with Gasteiger partial charge in [-0.05, 0) is 24.7 Å². The third kappa shape index (κ3) is 3.80. The lowest BCUT2D eigenvalue weighted by Gasteiger charge is -2.48. The van der Waals surface area contributed by atoms with Crippen LogP contribution in [-0.4, -0.2) is 49.2 Å². The van der Waals surface area contributed by atoms with E-state index in [4.69, 9.17) is 18.9 Å². The van der Waals surface area contributed by atoms with Crippen molar-refractivity contribution in [3.8, 4) is 0 Å². The molecule has 0 amide bonds. The van der Waals surface area contributed by atoms with Crippen molar-refractivity contribution >= 4 is 0 Å². The molecule has 2 rings (SSSR count). The van der Waals surface area contributed by atoms with E-state index >= 15 is 0 Å². The molecule has 0 aliphatic carbocycles. The summed E-state index contributed by atoms with van der Waals surface area (Å²) in [6.07, 6.45) is 0.522. The minimum atomic E-state index is -0.605. The summed E-state index contributed by atoms with van der Waals surface area (Å²) < 4.78 is 24.0. The fraction of sp³-hybridized carbons (Fsp3) is 1.00. The van der Waals surface area contributed by atoms with Gasteiger partial charge in [-0.2, -0.15) is 0 Å². The Morgan fingerprint density at radius 3 is 1.88 bits per heavy atom. The Hall–Kier alpha value is -0.200. The molecular formula is C19H36O5. The van der Waals surface area contributed by atoms with E-state index in [0.29, 0.717) is 5.92 Å². The lowest BCUT2D eigenvalue weighted by molar-refractivity contribution is -0.328. The first kappa shape index (κ1) is 20.1. The lowest BCUT2D eigenvalue weighted by Crippen LogP contribution is -2.56. The van der Waals surface area contributed by atoms with Gasteiger partial charge >= 0.3 is 0 Å². The molecular weight excluding hydrogens is 308 g/mol. The van der Waals surface area contributed by atoms with Gasteiger partial charge in [-0.3, -0.25) is 0 Å². The molecule has 0 radical (unpaired) electrons. The largest absolute Gasteiger partial charge is 0.388 e. The Bertz CT molecular complexity index is 372. The summed E-state index contributed by atoms with van der Waals surface area (Å²) in [4.78, 5) is 0. The van der Waals surface area contributed by atoms with Gasteiger partial charge in [0.05, 0.1) is 18.3 Å². The highest BCUT2D eigenvalue weighted by Gasteiger charge is 2.46. The van der Waals surface area contributed by atoms with Gasteiger partial charge in [0, 0.05) is 18.9 Å². The van der Waals surface area contributed by atoms with E-state index in [0.717, 1.165) is 12.8 Å². The fourth-order valence-electron chi connectivity index (χ4n) is 4.26. The molecule has 1 N–H and O–H groups in total. The van der Waals surface area contributed by atoms with Gasteiger partial charge in [-0.15, -0.1) is 0 Å². The number of ether oxygens (including phenoxy) is 4. The van der Waals surface area contributed by atoms with Gasteiger partial charge in [0.2, 0.25) is 0 Å². The van der Waals surface area contributed by atoms with Gasteiger partial charge in [0.25, 0.3) is 0 Å². The van der Waals surface area contributed by atoms with Crippen LogP contribution in [0.3, 0.4) is 0 Å². The zero-order chi connectivity index (χ0) is 18.0. The number of methoxy groups -OCH3 is 1. The number of hydrogen-bond acceptors (Lipinski definition) is 5. The summed E-state index contributed by atoms with van der Waals surface area (Å²) in [6, 6.07) is 0. The number of aliphatic hydroxyl groups is 1. The number of hydrogen-bond donors (Lipinski definition) is 1. The molecule has 24 heavy (non-hydrogen) atoms. The van der Waals surface area contributed by atoms with Crippen molar-refractivity contribution in [1.29, 1.82) is 0 Å². The molecule has 5 nitrogen and oxygen atoms in total. The van der Waals surface area contributed by atoms with Crippen LogP contribution in [0.25, 0.3) is 0 Å². The first-order valence-corrected chi connectivity index (χ1v) is 9.52. The first-order chi connectivity index (χ1) is 11.3. The van der Waals surface area contributed by atoms with E-state index in [2.05, 4.69) is 41.5 Å². The van der Waals surface area contributed by atoms with Gasteiger partial charge < -0.3 is 24.1 Å². The highest BCUT2D eigenvalue weighted by Crippen LogP contribution is 2.38. The molecule has 2 fully saturated rings. The van der Waals surface area contributed by atoms with Crippen LogP contribution in [0.5, 0.6) is 0 Å². The van der Waals surface area contributed by atoms with Crippen molar-refractivity contribution in [2.45, 2.75) is 91.4 Å². The Morgan fingerprint density at radius 2 is 1.33 bits per heavy atom. The van der Waals surface area contributed by atoms with Crippen LogP contribution < -0.4 is 0 Å². The van der Waals surface area contributed by atoms with E-state index < -0.39 is 12.4 Å². The van der Waals surface area contributed by atoms with Crippen LogP contribution in [0.2, 0.25) is 0 Å². The van der Waals surface area contributed by atoms with Crippen LogP contribution in [0.1, 0.15) is 54.4 Å². The van der Waals surface area contributed by atoms with E-state index in [1.54, 1.807) is 7.11 Å². The molecule has 0 saturated carbocycles. The SMILES string of the molecule is CCC1O[C@H](O[C@@H]2C(C)[C@@H](OC)OC(CC)[C@H]2C)C(O)[C@@H](C)[C@@H]1C. The molecule has 5 heteroatoms. The Labute approximate surface area is 147 Å². The molecule has 10 atom stereocenters. The molecule has 0 aromatic rings. The van der Waals surface area contributed by atoms with E-state index in [9.17, 15) is 5.11 Å². The smallest absolute Gasteiger partial charge is 0.184 e. The van der Waals surface area contributed by atoms with Crippen molar-refractivity contribution in [3.05, 3.63) is 0 Å². The van der Waals surface area contributed by atoms with Crippen LogP contribution in [0.15, 0.2) is 0 Å². The van der Waals surface area contributed by atoms with Crippen molar-refractivity contribution in [2.24, 2.45) is 23.7 Å². The molecule has 0 aromatic heterocycles. The van der Waals surface area contributed by atoms with Crippen molar-refractivity contribution in [1.82, 2.24) is 0 Å². The minimum absolute atomic E-state index is 0.0635. The van der Waals surface area contributed by atoms with Crippen LogP contribution >= 0.6 is 0 Å². The molecule has 4 unspecified atom stereocenters. The molecule has 0 bridgehead atoms. The average Bonchev–Trinajstić information content (AvgIpc) is 2.58. The van der Waals surface area contributed by atoms with Crippen molar-refractivity contribution in [2.75, 3.05) is 7.11 Å². The zero-order valence-electron chi connectivity index (χ0n) is 16.3. The Balaban J connectivity index is 2.14. The molecule has 2 aliphatic rings. The number of rotatable bonds is 5. The normalized spacial score (nSPS) is 50.0. The van der Waals surface area contributed by atoms with Crippen LogP contribution in [0, 0.1) is 23.7 Å². The maximum atomic E-state index is 10.7. The zero-order valence-corrected chi connectivity index (χ0v) is 16.3. The van der Waals surface area contributed by atoms with Gasteiger partial charge in [0.15, 0.2) is 12.6 Å². The topological polar surface area (TPSA) is 57.2 Å². The Kier molecular flexibility index (Phi) is 7.09. The molecule has 142 valence electrons. The maximum absolute atomic E-state index is 10.7. The monoisotopic (exact) mass is 344 g/mol.